The molecule has 2 heteroatoms. The lowest BCUT2D eigenvalue weighted by molar-refractivity contribution is 0.188. The van der Waals surface area contributed by atoms with Crippen molar-refractivity contribution in [3.05, 3.63) is 12.7 Å². The Morgan fingerprint density at radius 1 is 1.54 bits per heavy atom. The third-order valence-corrected chi connectivity index (χ3v) is 2.15. The molecule has 0 rings (SSSR count). The maximum absolute atomic E-state index is 8.83. The van der Waals surface area contributed by atoms with Crippen LogP contribution in [0.15, 0.2) is 12.7 Å². The van der Waals surface area contributed by atoms with Crippen LogP contribution in [0.2, 0.25) is 0 Å². The van der Waals surface area contributed by atoms with Gasteiger partial charge in [0.25, 0.3) is 0 Å². The van der Waals surface area contributed by atoms with E-state index in [1.807, 2.05) is 6.08 Å². The molecule has 1 unspecified atom stereocenters. The number of hydrogen-bond acceptors (Lipinski definition) is 2. The molecule has 0 radical (unpaired) electrons. The van der Waals surface area contributed by atoms with E-state index in [0.29, 0.717) is 0 Å². The number of rotatable bonds is 8. The second-order valence-electron chi connectivity index (χ2n) is 3.67. The van der Waals surface area contributed by atoms with Gasteiger partial charge in [-0.1, -0.05) is 26.3 Å². The first-order chi connectivity index (χ1) is 6.24. The number of aliphatic hydroxyl groups is 1. The quantitative estimate of drug-likeness (QED) is 0.584. The van der Waals surface area contributed by atoms with Crippen molar-refractivity contribution in [2.24, 2.45) is 5.92 Å². The van der Waals surface area contributed by atoms with Gasteiger partial charge in [-0.3, -0.25) is 4.90 Å². The summed E-state index contributed by atoms with van der Waals surface area (Å²) in [6.07, 6.45) is 4.40. The van der Waals surface area contributed by atoms with Crippen LogP contribution in [0.5, 0.6) is 0 Å². The molecule has 2 nitrogen and oxygen atoms in total. The highest BCUT2D eigenvalue weighted by molar-refractivity contribution is 4.74. The third kappa shape index (κ3) is 6.79. The van der Waals surface area contributed by atoms with Crippen LogP contribution in [0, 0.1) is 5.92 Å². The van der Waals surface area contributed by atoms with Gasteiger partial charge < -0.3 is 5.11 Å². The summed E-state index contributed by atoms with van der Waals surface area (Å²) in [5.74, 6) is 0.719. The highest BCUT2D eigenvalue weighted by atomic mass is 16.3. The van der Waals surface area contributed by atoms with Crippen LogP contribution in [0.4, 0.5) is 0 Å². The highest BCUT2D eigenvalue weighted by Crippen LogP contribution is 2.07. The summed E-state index contributed by atoms with van der Waals surface area (Å²) in [7, 11) is 0. The highest BCUT2D eigenvalue weighted by Gasteiger charge is 2.07. The SMILES string of the molecule is C=CCN(CCO)CC(C)CCC. The summed E-state index contributed by atoms with van der Waals surface area (Å²) < 4.78 is 0. The maximum Gasteiger partial charge on any atom is 0.0558 e. The number of nitrogens with zero attached hydrogens (tertiary/aromatic N) is 1. The lowest BCUT2D eigenvalue weighted by atomic mass is 10.1. The van der Waals surface area contributed by atoms with Gasteiger partial charge in [0.05, 0.1) is 6.61 Å². The van der Waals surface area contributed by atoms with E-state index < -0.39 is 0 Å². The Kier molecular flexibility index (Phi) is 8.05. The topological polar surface area (TPSA) is 23.5 Å². The Labute approximate surface area is 82.3 Å². The summed E-state index contributed by atoms with van der Waals surface area (Å²) >= 11 is 0. The molecule has 0 aromatic heterocycles. The van der Waals surface area contributed by atoms with E-state index in [0.717, 1.165) is 25.6 Å². The Balaban J connectivity index is 3.71. The zero-order valence-corrected chi connectivity index (χ0v) is 9.00. The second-order valence-corrected chi connectivity index (χ2v) is 3.67. The normalized spacial score (nSPS) is 13.2. The lowest BCUT2D eigenvalue weighted by Crippen LogP contribution is -2.31. The smallest absolute Gasteiger partial charge is 0.0558 e. The zero-order chi connectivity index (χ0) is 10.1. The van der Waals surface area contributed by atoms with Gasteiger partial charge in [0, 0.05) is 19.6 Å². The van der Waals surface area contributed by atoms with Gasteiger partial charge in [-0.25, -0.2) is 0 Å². The largest absolute Gasteiger partial charge is 0.395 e. The van der Waals surface area contributed by atoms with Crippen molar-refractivity contribution in [2.45, 2.75) is 26.7 Å². The molecule has 0 aliphatic rings. The molecule has 13 heavy (non-hydrogen) atoms. The zero-order valence-electron chi connectivity index (χ0n) is 9.00. The van der Waals surface area contributed by atoms with Crippen molar-refractivity contribution in [2.75, 3.05) is 26.2 Å². The minimum Gasteiger partial charge on any atom is -0.395 e. The summed E-state index contributed by atoms with van der Waals surface area (Å²) in [5.41, 5.74) is 0. The Hall–Kier alpha value is -0.340. The molecule has 0 heterocycles. The van der Waals surface area contributed by atoms with Crippen LogP contribution in [0.25, 0.3) is 0 Å². The second kappa shape index (κ2) is 8.27. The van der Waals surface area contributed by atoms with Gasteiger partial charge in [-0.05, 0) is 12.3 Å². The fraction of sp³-hybridized carbons (Fsp3) is 0.818. The molecule has 1 N–H and O–H groups in total. The van der Waals surface area contributed by atoms with Crippen molar-refractivity contribution in [1.29, 1.82) is 0 Å². The minimum absolute atomic E-state index is 0.243. The average molecular weight is 185 g/mol. The number of hydrogen-bond donors (Lipinski definition) is 1. The molecular weight excluding hydrogens is 162 g/mol. The monoisotopic (exact) mass is 185 g/mol. The predicted molar refractivity (Wildman–Crippen MR) is 57.8 cm³/mol. The van der Waals surface area contributed by atoms with Crippen LogP contribution in [-0.2, 0) is 0 Å². The van der Waals surface area contributed by atoms with Gasteiger partial charge in [0.1, 0.15) is 0 Å². The van der Waals surface area contributed by atoms with Crippen LogP contribution >= 0.6 is 0 Å². The van der Waals surface area contributed by atoms with Crippen molar-refractivity contribution in [1.82, 2.24) is 4.90 Å². The first-order valence-corrected chi connectivity index (χ1v) is 5.18. The predicted octanol–water partition coefficient (Wildman–Crippen LogP) is 1.90. The van der Waals surface area contributed by atoms with Crippen LogP contribution in [0.1, 0.15) is 26.7 Å². The van der Waals surface area contributed by atoms with Crippen LogP contribution in [0.3, 0.4) is 0 Å². The molecular formula is C11H23NO. The minimum atomic E-state index is 0.243. The van der Waals surface area contributed by atoms with E-state index in [1.165, 1.54) is 12.8 Å². The standard InChI is InChI=1S/C11H23NO/c1-4-6-11(3)10-12(7-5-2)8-9-13/h5,11,13H,2,4,6-10H2,1,3H3. The van der Waals surface area contributed by atoms with E-state index in [4.69, 9.17) is 5.11 Å². The lowest BCUT2D eigenvalue weighted by Gasteiger charge is -2.23. The van der Waals surface area contributed by atoms with E-state index in [1.54, 1.807) is 0 Å². The summed E-state index contributed by atoms with van der Waals surface area (Å²) in [5, 5.41) is 8.83. The Bertz CT molecular complexity index is 125. The fourth-order valence-electron chi connectivity index (χ4n) is 1.61. The summed E-state index contributed by atoms with van der Waals surface area (Å²) in [6.45, 7) is 11.1. The van der Waals surface area contributed by atoms with Crippen molar-refractivity contribution in [3.8, 4) is 0 Å². The molecule has 0 aliphatic heterocycles. The van der Waals surface area contributed by atoms with Crippen LogP contribution < -0.4 is 0 Å². The maximum atomic E-state index is 8.83. The van der Waals surface area contributed by atoms with Crippen molar-refractivity contribution < 1.29 is 5.11 Å². The molecule has 0 saturated heterocycles. The van der Waals surface area contributed by atoms with Gasteiger partial charge in [0.2, 0.25) is 0 Å². The first kappa shape index (κ1) is 12.7. The van der Waals surface area contributed by atoms with Gasteiger partial charge in [-0.15, -0.1) is 6.58 Å². The van der Waals surface area contributed by atoms with Crippen LogP contribution in [-0.4, -0.2) is 36.2 Å². The molecule has 0 saturated carbocycles. The van der Waals surface area contributed by atoms with E-state index in [-0.39, 0.29) is 6.61 Å². The molecule has 0 aromatic carbocycles. The molecule has 78 valence electrons. The summed E-state index contributed by atoms with van der Waals surface area (Å²) in [4.78, 5) is 2.24. The van der Waals surface area contributed by atoms with E-state index in [9.17, 15) is 0 Å². The Morgan fingerprint density at radius 3 is 2.69 bits per heavy atom. The third-order valence-electron chi connectivity index (χ3n) is 2.15. The first-order valence-electron chi connectivity index (χ1n) is 5.18. The molecule has 0 fully saturated rings. The summed E-state index contributed by atoms with van der Waals surface area (Å²) in [6, 6.07) is 0. The molecule has 0 spiro atoms. The van der Waals surface area contributed by atoms with Crippen molar-refractivity contribution in [3.63, 3.8) is 0 Å². The molecule has 1 atom stereocenters. The molecule has 0 bridgehead atoms. The Morgan fingerprint density at radius 2 is 2.23 bits per heavy atom. The average Bonchev–Trinajstić information content (AvgIpc) is 2.05. The molecule has 0 aliphatic carbocycles. The van der Waals surface area contributed by atoms with Gasteiger partial charge in [-0.2, -0.15) is 0 Å². The molecule has 0 amide bonds. The van der Waals surface area contributed by atoms with E-state index >= 15 is 0 Å². The fourth-order valence-corrected chi connectivity index (χ4v) is 1.61. The number of aliphatic hydroxyl groups excluding tert-OH is 1. The van der Waals surface area contributed by atoms with Crippen molar-refractivity contribution >= 4 is 0 Å². The molecule has 0 aromatic rings. The van der Waals surface area contributed by atoms with Gasteiger partial charge >= 0.3 is 0 Å². The van der Waals surface area contributed by atoms with E-state index in [2.05, 4.69) is 25.3 Å². The van der Waals surface area contributed by atoms with Gasteiger partial charge in [0.15, 0.2) is 0 Å².